The number of hydrogen-bond donors (Lipinski definition) is 0. The van der Waals surface area contributed by atoms with Crippen molar-refractivity contribution in [3.05, 3.63) is 60.5 Å². The molecule has 1 aromatic rings. The third kappa shape index (κ3) is 4.86. The molecule has 1 heteroatoms. The number of allylic oxidation sites excluding steroid dienone is 5. The van der Waals surface area contributed by atoms with Crippen molar-refractivity contribution in [2.24, 2.45) is 0 Å². The molecule has 1 aromatic heterocycles. The molecule has 0 bridgehead atoms. The predicted molar refractivity (Wildman–Crippen MR) is 83.8 cm³/mol. The maximum Gasteiger partial charge on any atom is 0.211 e. The Labute approximate surface area is 118 Å². The van der Waals surface area contributed by atoms with Crippen molar-refractivity contribution >= 4 is 5.57 Å². The lowest BCUT2D eigenvalue weighted by Gasteiger charge is -2.03. The fourth-order valence-corrected chi connectivity index (χ4v) is 2.11. The highest BCUT2D eigenvalue weighted by Crippen LogP contribution is 2.13. The maximum atomic E-state index is 4.20. The number of nitrogens with zero attached hydrogens (tertiary/aromatic N) is 1. The largest absolute Gasteiger partial charge is 0.211 e. The Kier molecular flexibility index (Phi) is 6.88. The van der Waals surface area contributed by atoms with Gasteiger partial charge in [0, 0.05) is 24.1 Å². The van der Waals surface area contributed by atoms with Gasteiger partial charge >= 0.3 is 0 Å². The van der Waals surface area contributed by atoms with E-state index in [4.69, 9.17) is 0 Å². The van der Waals surface area contributed by atoms with Crippen molar-refractivity contribution in [2.75, 3.05) is 0 Å². The molecule has 102 valence electrons. The second-order valence-electron chi connectivity index (χ2n) is 4.75. The van der Waals surface area contributed by atoms with Crippen molar-refractivity contribution < 1.29 is 4.57 Å². The standard InChI is InChI=1S/C18H26N/c1-5-10-17(7-3)13-12-16(4)18-11-8-9-15-19(18)14-6-2/h7-9,11-13,15H,4-6,10,14H2,1-3H3/q+1/b13-12-,17-7-. The van der Waals surface area contributed by atoms with E-state index in [1.165, 1.54) is 17.7 Å². The molecule has 0 unspecified atom stereocenters. The maximum absolute atomic E-state index is 4.20. The Balaban J connectivity index is 2.86. The summed E-state index contributed by atoms with van der Waals surface area (Å²) >= 11 is 0. The first kappa shape index (κ1) is 15.4. The molecule has 19 heavy (non-hydrogen) atoms. The summed E-state index contributed by atoms with van der Waals surface area (Å²) in [6.07, 6.45) is 12.1. The van der Waals surface area contributed by atoms with E-state index in [1.54, 1.807) is 0 Å². The highest BCUT2D eigenvalue weighted by Gasteiger charge is 2.09. The fourth-order valence-electron chi connectivity index (χ4n) is 2.11. The Morgan fingerprint density at radius 1 is 1.21 bits per heavy atom. The van der Waals surface area contributed by atoms with E-state index in [9.17, 15) is 0 Å². The zero-order chi connectivity index (χ0) is 14.1. The van der Waals surface area contributed by atoms with Crippen LogP contribution in [0.15, 0.2) is 54.8 Å². The number of hydrogen-bond acceptors (Lipinski definition) is 0. The van der Waals surface area contributed by atoms with Gasteiger partial charge in [0.2, 0.25) is 5.69 Å². The summed E-state index contributed by atoms with van der Waals surface area (Å²) in [7, 11) is 0. The van der Waals surface area contributed by atoms with E-state index in [-0.39, 0.29) is 0 Å². The lowest BCUT2D eigenvalue weighted by atomic mass is 10.1. The monoisotopic (exact) mass is 256 g/mol. The van der Waals surface area contributed by atoms with Crippen LogP contribution in [-0.2, 0) is 6.54 Å². The van der Waals surface area contributed by atoms with Crippen LogP contribution in [0.3, 0.4) is 0 Å². The molecule has 0 spiro atoms. The molecule has 0 N–H and O–H groups in total. The smallest absolute Gasteiger partial charge is 0.198 e. The average Bonchev–Trinajstić information content (AvgIpc) is 2.44. The summed E-state index contributed by atoms with van der Waals surface area (Å²) in [5.41, 5.74) is 3.65. The highest BCUT2D eigenvalue weighted by molar-refractivity contribution is 5.68. The van der Waals surface area contributed by atoms with Crippen LogP contribution < -0.4 is 4.57 Å². The first-order valence-corrected chi connectivity index (χ1v) is 7.23. The van der Waals surface area contributed by atoms with Crippen LogP contribution in [0.25, 0.3) is 5.57 Å². The molecule has 0 aliphatic rings. The highest BCUT2D eigenvalue weighted by atomic mass is 14.9. The third-order valence-corrected chi connectivity index (χ3v) is 3.14. The summed E-state index contributed by atoms with van der Waals surface area (Å²) in [5.74, 6) is 0. The second kappa shape index (κ2) is 8.47. The predicted octanol–water partition coefficient (Wildman–Crippen LogP) is 4.70. The van der Waals surface area contributed by atoms with Crippen LogP contribution in [0.1, 0.15) is 45.7 Å². The van der Waals surface area contributed by atoms with Gasteiger partial charge < -0.3 is 0 Å². The quantitative estimate of drug-likeness (QED) is 0.492. The first-order valence-electron chi connectivity index (χ1n) is 7.23. The fraction of sp³-hybridized carbons (Fsp3) is 0.389. The van der Waals surface area contributed by atoms with Gasteiger partial charge in [-0.25, -0.2) is 0 Å². The molecule has 0 saturated heterocycles. The van der Waals surface area contributed by atoms with Crippen LogP contribution in [0.4, 0.5) is 0 Å². The molecule has 0 saturated carbocycles. The molecule has 0 aromatic carbocycles. The SMILES string of the molecule is C=C(/C=C\C(=C/C)CCC)c1cccc[n+]1CCC. The lowest BCUT2D eigenvalue weighted by molar-refractivity contribution is -0.699. The zero-order valence-electron chi connectivity index (χ0n) is 12.5. The molecular weight excluding hydrogens is 230 g/mol. The van der Waals surface area contributed by atoms with Crippen LogP contribution in [0, 0.1) is 0 Å². The van der Waals surface area contributed by atoms with Crippen molar-refractivity contribution in [3.8, 4) is 0 Å². The minimum atomic E-state index is 1.04. The topological polar surface area (TPSA) is 3.88 Å². The van der Waals surface area contributed by atoms with Gasteiger partial charge in [0.25, 0.3) is 0 Å². The summed E-state index contributed by atoms with van der Waals surface area (Å²) in [5, 5.41) is 0. The van der Waals surface area contributed by atoms with Crippen molar-refractivity contribution in [3.63, 3.8) is 0 Å². The van der Waals surface area contributed by atoms with E-state index in [0.29, 0.717) is 0 Å². The Morgan fingerprint density at radius 2 is 2.00 bits per heavy atom. The molecule has 0 amide bonds. The molecule has 0 aliphatic carbocycles. The molecule has 1 nitrogen and oxygen atoms in total. The molecule has 0 fully saturated rings. The van der Waals surface area contributed by atoms with Gasteiger partial charge in [0.05, 0.1) is 0 Å². The number of rotatable bonds is 7. The number of aryl methyl sites for hydroxylation is 1. The van der Waals surface area contributed by atoms with Gasteiger partial charge in [-0.15, -0.1) is 0 Å². The summed E-state index contributed by atoms with van der Waals surface area (Å²) in [6, 6.07) is 6.28. The van der Waals surface area contributed by atoms with E-state index in [2.05, 4.69) is 74.5 Å². The second-order valence-corrected chi connectivity index (χ2v) is 4.75. The van der Waals surface area contributed by atoms with Gasteiger partial charge in [-0.2, -0.15) is 4.57 Å². The van der Waals surface area contributed by atoms with E-state index < -0.39 is 0 Å². The van der Waals surface area contributed by atoms with Crippen LogP contribution in [0.2, 0.25) is 0 Å². The van der Waals surface area contributed by atoms with Gasteiger partial charge in [-0.05, 0) is 25.5 Å². The van der Waals surface area contributed by atoms with Gasteiger partial charge in [0.15, 0.2) is 6.20 Å². The minimum absolute atomic E-state index is 1.04. The van der Waals surface area contributed by atoms with E-state index in [1.807, 2.05) is 0 Å². The third-order valence-electron chi connectivity index (χ3n) is 3.14. The lowest BCUT2D eigenvalue weighted by Crippen LogP contribution is -2.37. The Hall–Kier alpha value is -1.63. The van der Waals surface area contributed by atoms with E-state index in [0.717, 1.165) is 25.0 Å². The Morgan fingerprint density at radius 3 is 2.63 bits per heavy atom. The molecule has 0 atom stereocenters. The van der Waals surface area contributed by atoms with Crippen molar-refractivity contribution in [2.45, 2.75) is 46.6 Å². The van der Waals surface area contributed by atoms with Crippen LogP contribution in [0.5, 0.6) is 0 Å². The number of aromatic nitrogens is 1. The van der Waals surface area contributed by atoms with E-state index >= 15 is 0 Å². The van der Waals surface area contributed by atoms with Crippen molar-refractivity contribution in [1.82, 2.24) is 0 Å². The summed E-state index contributed by atoms with van der Waals surface area (Å²) in [4.78, 5) is 0. The van der Waals surface area contributed by atoms with Gasteiger partial charge in [-0.1, -0.05) is 44.6 Å². The molecule has 1 rings (SSSR count). The normalized spacial score (nSPS) is 12.1. The minimum Gasteiger partial charge on any atom is -0.198 e. The summed E-state index contributed by atoms with van der Waals surface area (Å²) < 4.78 is 2.27. The molecule has 1 heterocycles. The van der Waals surface area contributed by atoms with Crippen LogP contribution in [-0.4, -0.2) is 0 Å². The average molecular weight is 256 g/mol. The molecule has 0 aliphatic heterocycles. The summed E-state index contributed by atoms with van der Waals surface area (Å²) in [6.45, 7) is 11.7. The van der Waals surface area contributed by atoms with Gasteiger partial charge in [0.1, 0.15) is 6.54 Å². The van der Waals surface area contributed by atoms with Crippen molar-refractivity contribution in [1.29, 1.82) is 0 Å². The first-order chi connectivity index (χ1) is 9.22. The van der Waals surface area contributed by atoms with Crippen LogP contribution >= 0.6 is 0 Å². The Bertz CT molecular complexity index is 466. The molecule has 0 radical (unpaired) electrons. The zero-order valence-corrected chi connectivity index (χ0v) is 12.5. The number of pyridine rings is 1. The van der Waals surface area contributed by atoms with Gasteiger partial charge in [-0.3, -0.25) is 0 Å². The molecular formula is C18H26N+.